The highest BCUT2D eigenvalue weighted by Crippen LogP contribution is 2.03. The van der Waals surface area contributed by atoms with Gasteiger partial charge in [0.15, 0.2) is 0 Å². The van der Waals surface area contributed by atoms with Crippen LogP contribution >= 0.6 is 0 Å². The van der Waals surface area contributed by atoms with Crippen molar-refractivity contribution in [1.82, 2.24) is 0 Å². The van der Waals surface area contributed by atoms with Crippen molar-refractivity contribution in [3.05, 3.63) is 12.2 Å². The molecule has 0 fully saturated rings. The summed E-state index contributed by atoms with van der Waals surface area (Å²) < 4.78 is 0. The molecule has 0 saturated carbocycles. The predicted octanol–water partition coefficient (Wildman–Crippen LogP) is 3.10. The second-order valence-electron chi connectivity index (χ2n) is 2.78. The van der Waals surface area contributed by atoms with Gasteiger partial charge in [0.05, 0.1) is 7.85 Å². The first-order chi connectivity index (χ1) is 4.77. The summed E-state index contributed by atoms with van der Waals surface area (Å²) in [7, 11) is 5.52. The molecule has 10 heavy (non-hydrogen) atoms. The molecule has 56 valence electrons. The maximum atomic E-state index is 5.52. The highest BCUT2D eigenvalue weighted by Gasteiger charge is 1.83. The summed E-state index contributed by atoms with van der Waals surface area (Å²) in [6.07, 6.45) is 9.38. The Morgan fingerprint density at radius 3 is 2.60 bits per heavy atom. The molecule has 0 bridgehead atoms. The largest absolute Gasteiger partial charge is 0.0944 e. The van der Waals surface area contributed by atoms with Gasteiger partial charge in [0.1, 0.15) is 0 Å². The zero-order valence-electron chi connectivity index (χ0n) is 7.14. The van der Waals surface area contributed by atoms with Crippen molar-refractivity contribution >= 4 is 7.85 Å². The fraction of sp³-hybridized carbons (Fsp3) is 0.778. The van der Waals surface area contributed by atoms with Crippen LogP contribution in [0, 0.1) is 0 Å². The van der Waals surface area contributed by atoms with E-state index in [0.29, 0.717) is 0 Å². The third-order valence-electron chi connectivity index (χ3n) is 1.41. The number of allylic oxidation sites excluding steroid dienone is 2. The average molecular weight is 136 g/mol. The van der Waals surface area contributed by atoms with Crippen LogP contribution in [0.15, 0.2) is 12.2 Å². The van der Waals surface area contributed by atoms with Gasteiger partial charge in [0, 0.05) is 0 Å². The maximum Gasteiger partial charge on any atom is 0.0751 e. The molecule has 0 rings (SSSR count). The Balaban J connectivity index is 3.02. The lowest BCUT2D eigenvalue weighted by molar-refractivity contribution is 0.728. The second kappa shape index (κ2) is 6.92. The standard InChI is InChI=1S/C9H17B/c1-3-4-5-6-7-8-9(2)10/h7-9H,3-6H2,1-2H3/b8-7-. The topological polar surface area (TPSA) is 0 Å². The summed E-state index contributed by atoms with van der Waals surface area (Å²) in [6, 6.07) is 0. The van der Waals surface area contributed by atoms with E-state index in [0.717, 1.165) is 0 Å². The van der Waals surface area contributed by atoms with Gasteiger partial charge in [-0.1, -0.05) is 44.7 Å². The van der Waals surface area contributed by atoms with E-state index in [1.807, 2.05) is 6.92 Å². The molecule has 0 N–H and O–H groups in total. The molecule has 2 radical (unpaired) electrons. The molecule has 1 heteroatoms. The molecular weight excluding hydrogens is 119 g/mol. The van der Waals surface area contributed by atoms with Crippen molar-refractivity contribution in [2.24, 2.45) is 0 Å². The lowest BCUT2D eigenvalue weighted by Crippen LogP contribution is -1.76. The SMILES string of the molecule is [B]C(C)/C=C\CCCCC. The van der Waals surface area contributed by atoms with Gasteiger partial charge in [-0.25, -0.2) is 0 Å². The van der Waals surface area contributed by atoms with Gasteiger partial charge in [-0.3, -0.25) is 0 Å². The number of rotatable bonds is 5. The van der Waals surface area contributed by atoms with Crippen molar-refractivity contribution in [3.8, 4) is 0 Å². The molecule has 0 spiro atoms. The summed E-state index contributed by atoms with van der Waals surface area (Å²) in [6.45, 7) is 4.21. The Morgan fingerprint density at radius 2 is 2.10 bits per heavy atom. The number of hydrogen-bond donors (Lipinski definition) is 0. The van der Waals surface area contributed by atoms with Gasteiger partial charge in [-0.05, 0) is 12.8 Å². The Labute approximate surface area is 66.1 Å². The van der Waals surface area contributed by atoms with Crippen molar-refractivity contribution < 1.29 is 0 Å². The van der Waals surface area contributed by atoms with E-state index in [1.165, 1.54) is 25.7 Å². The Morgan fingerprint density at radius 1 is 1.40 bits per heavy atom. The van der Waals surface area contributed by atoms with E-state index in [4.69, 9.17) is 7.85 Å². The number of hydrogen-bond acceptors (Lipinski definition) is 0. The summed E-state index contributed by atoms with van der Waals surface area (Å²) >= 11 is 0. The maximum absolute atomic E-state index is 5.52. The molecular formula is C9H17B. The van der Waals surface area contributed by atoms with Crippen LogP contribution in [0.4, 0.5) is 0 Å². The highest BCUT2D eigenvalue weighted by molar-refractivity contribution is 6.12. The van der Waals surface area contributed by atoms with Gasteiger partial charge in [-0.15, -0.1) is 0 Å². The average Bonchev–Trinajstić information content (AvgIpc) is 1.87. The molecule has 1 unspecified atom stereocenters. The van der Waals surface area contributed by atoms with Gasteiger partial charge in [-0.2, -0.15) is 0 Å². The quantitative estimate of drug-likeness (QED) is 0.309. The molecule has 0 aliphatic carbocycles. The van der Waals surface area contributed by atoms with Gasteiger partial charge < -0.3 is 0 Å². The molecule has 0 aliphatic heterocycles. The Bertz CT molecular complexity index is 84.7. The van der Waals surface area contributed by atoms with E-state index in [-0.39, 0.29) is 5.82 Å². The molecule has 0 aromatic rings. The minimum atomic E-state index is 0.224. The third-order valence-corrected chi connectivity index (χ3v) is 1.41. The van der Waals surface area contributed by atoms with E-state index >= 15 is 0 Å². The molecule has 0 amide bonds. The lowest BCUT2D eigenvalue weighted by atomic mass is 9.89. The fourth-order valence-corrected chi connectivity index (χ4v) is 0.823. The van der Waals surface area contributed by atoms with Crippen LogP contribution in [0.5, 0.6) is 0 Å². The van der Waals surface area contributed by atoms with E-state index in [2.05, 4.69) is 19.1 Å². The predicted molar refractivity (Wildman–Crippen MR) is 48.5 cm³/mol. The van der Waals surface area contributed by atoms with Crippen LogP contribution in [-0.4, -0.2) is 7.85 Å². The van der Waals surface area contributed by atoms with Gasteiger partial charge >= 0.3 is 0 Å². The van der Waals surface area contributed by atoms with E-state index < -0.39 is 0 Å². The van der Waals surface area contributed by atoms with Crippen molar-refractivity contribution in [2.45, 2.75) is 45.3 Å². The molecule has 0 aromatic carbocycles. The van der Waals surface area contributed by atoms with E-state index in [9.17, 15) is 0 Å². The normalized spacial score (nSPS) is 14.2. The van der Waals surface area contributed by atoms with Crippen LogP contribution in [0.2, 0.25) is 5.82 Å². The third kappa shape index (κ3) is 7.80. The first-order valence-electron chi connectivity index (χ1n) is 4.19. The van der Waals surface area contributed by atoms with Crippen LogP contribution in [0.1, 0.15) is 39.5 Å². The summed E-state index contributed by atoms with van der Waals surface area (Å²) in [5.41, 5.74) is 0. The van der Waals surface area contributed by atoms with Gasteiger partial charge in [0.2, 0.25) is 0 Å². The minimum Gasteiger partial charge on any atom is -0.0944 e. The number of unbranched alkanes of at least 4 members (excludes halogenated alkanes) is 3. The lowest BCUT2D eigenvalue weighted by Gasteiger charge is -1.94. The van der Waals surface area contributed by atoms with E-state index in [1.54, 1.807) is 0 Å². The Hall–Kier alpha value is -0.195. The molecule has 0 aromatic heterocycles. The zero-order chi connectivity index (χ0) is 7.82. The van der Waals surface area contributed by atoms with Crippen molar-refractivity contribution in [2.75, 3.05) is 0 Å². The first-order valence-corrected chi connectivity index (χ1v) is 4.19. The zero-order valence-corrected chi connectivity index (χ0v) is 7.14. The minimum absolute atomic E-state index is 0.224. The molecule has 0 nitrogen and oxygen atoms in total. The Kier molecular flexibility index (Phi) is 6.78. The van der Waals surface area contributed by atoms with Crippen LogP contribution in [0.3, 0.4) is 0 Å². The first kappa shape index (κ1) is 9.80. The van der Waals surface area contributed by atoms with Crippen LogP contribution < -0.4 is 0 Å². The molecule has 1 atom stereocenters. The second-order valence-corrected chi connectivity index (χ2v) is 2.78. The smallest absolute Gasteiger partial charge is 0.0751 e. The van der Waals surface area contributed by atoms with Crippen LogP contribution in [-0.2, 0) is 0 Å². The van der Waals surface area contributed by atoms with Crippen molar-refractivity contribution in [1.29, 1.82) is 0 Å². The summed E-state index contributed by atoms with van der Waals surface area (Å²) in [4.78, 5) is 0. The van der Waals surface area contributed by atoms with Crippen molar-refractivity contribution in [3.63, 3.8) is 0 Å². The van der Waals surface area contributed by atoms with Gasteiger partial charge in [0.25, 0.3) is 0 Å². The monoisotopic (exact) mass is 136 g/mol. The fourth-order valence-electron chi connectivity index (χ4n) is 0.823. The summed E-state index contributed by atoms with van der Waals surface area (Å²) in [5.74, 6) is 0.224. The highest BCUT2D eigenvalue weighted by atomic mass is 13.9. The molecule has 0 aliphatic rings. The summed E-state index contributed by atoms with van der Waals surface area (Å²) in [5, 5.41) is 0. The molecule has 0 saturated heterocycles. The molecule has 0 heterocycles. The van der Waals surface area contributed by atoms with Crippen LogP contribution in [0.25, 0.3) is 0 Å².